The zero-order valence-electron chi connectivity index (χ0n) is 11.2. The SMILES string of the molecule is O=S1(=O)CCC(Nc2ccccc2OCC(F)(F)F)CC1. The number of hydrogen-bond donors (Lipinski definition) is 1. The van der Waals surface area contributed by atoms with E-state index in [4.69, 9.17) is 4.74 Å². The molecule has 4 nitrogen and oxygen atoms in total. The minimum Gasteiger partial charge on any atom is -0.482 e. The van der Waals surface area contributed by atoms with Crippen LogP contribution in [0.4, 0.5) is 18.9 Å². The van der Waals surface area contributed by atoms with Crippen LogP contribution in [-0.4, -0.2) is 38.7 Å². The maximum Gasteiger partial charge on any atom is 0.422 e. The Balaban J connectivity index is 2.00. The van der Waals surface area contributed by atoms with E-state index < -0.39 is 22.6 Å². The second-order valence-corrected chi connectivity index (χ2v) is 7.27. The van der Waals surface area contributed by atoms with Gasteiger partial charge in [0.15, 0.2) is 6.61 Å². The first-order valence-corrected chi connectivity index (χ1v) is 8.33. The monoisotopic (exact) mass is 323 g/mol. The molecule has 0 unspecified atom stereocenters. The van der Waals surface area contributed by atoms with Crippen LogP contribution in [0, 0.1) is 0 Å². The van der Waals surface area contributed by atoms with Gasteiger partial charge in [0.05, 0.1) is 17.2 Å². The lowest BCUT2D eigenvalue weighted by atomic mass is 10.1. The van der Waals surface area contributed by atoms with Gasteiger partial charge in [-0.25, -0.2) is 8.42 Å². The Kier molecular flexibility index (Phi) is 4.65. The van der Waals surface area contributed by atoms with E-state index in [1.807, 2.05) is 0 Å². The molecule has 1 aliphatic rings. The van der Waals surface area contributed by atoms with Gasteiger partial charge in [-0.2, -0.15) is 13.2 Å². The summed E-state index contributed by atoms with van der Waals surface area (Å²) in [5.74, 6) is 0.301. The van der Waals surface area contributed by atoms with Crippen LogP contribution >= 0.6 is 0 Å². The molecule has 0 bridgehead atoms. The number of halogens is 3. The Bertz CT molecular complexity index is 573. The lowest BCUT2D eigenvalue weighted by molar-refractivity contribution is -0.153. The minimum atomic E-state index is -4.40. The molecule has 8 heteroatoms. The van der Waals surface area contributed by atoms with E-state index in [0.717, 1.165) is 0 Å². The summed E-state index contributed by atoms with van der Waals surface area (Å²) in [5.41, 5.74) is 0.450. The average molecular weight is 323 g/mol. The number of rotatable bonds is 4. The van der Waals surface area contributed by atoms with E-state index in [0.29, 0.717) is 18.5 Å². The molecule has 21 heavy (non-hydrogen) atoms. The van der Waals surface area contributed by atoms with Crippen molar-refractivity contribution >= 4 is 15.5 Å². The molecule has 0 amide bonds. The molecule has 1 aliphatic heterocycles. The highest BCUT2D eigenvalue weighted by molar-refractivity contribution is 7.91. The van der Waals surface area contributed by atoms with Crippen molar-refractivity contribution < 1.29 is 26.3 Å². The zero-order valence-corrected chi connectivity index (χ0v) is 12.0. The summed E-state index contributed by atoms with van der Waals surface area (Å²) in [6.07, 6.45) is -3.52. The van der Waals surface area contributed by atoms with Crippen LogP contribution in [0.5, 0.6) is 5.75 Å². The molecular formula is C13H16F3NO3S. The first-order chi connectivity index (χ1) is 9.75. The summed E-state index contributed by atoms with van der Waals surface area (Å²) in [7, 11) is -2.97. The molecule has 2 rings (SSSR count). The van der Waals surface area contributed by atoms with Gasteiger partial charge in [0.1, 0.15) is 15.6 Å². The van der Waals surface area contributed by atoms with Crippen molar-refractivity contribution in [3.05, 3.63) is 24.3 Å². The average Bonchev–Trinajstić information content (AvgIpc) is 2.39. The van der Waals surface area contributed by atoms with Crippen LogP contribution in [0.3, 0.4) is 0 Å². The Morgan fingerprint density at radius 3 is 2.43 bits per heavy atom. The zero-order chi connectivity index (χ0) is 15.5. The Labute approximate surface area is 121 Å². The predicted molar refractivity (Wildman–Crippen MR) is 73.3 cm³/mol. The molecule has 1 aromatic rings. The lowest BCUT2D eigenvalue weighted by Crippen LogP contribution is -2.32. The maximum atomic E-state index is 12.2. The highest BCUT2D eigenvalue weighted by Gasteiger charge is 2.29. The summed E-state index contributed by atoms with van der Waals surface area (Å²) < 4.78 is 64.1. The largest absolute Gasteiger partial charge is 0.482 e. The summed E-state index contributed by atoms with van der Waals surface area (Å²) in [6.45, 7) is -1.36. The normalized spacial score (nSPS) is 19.2. The van der Waals surface area contributed by atoms with Crippen LogP contribution in [0.25, 0.3) is 0 Å². The second-order valence-electron chi connectivity index (χ2n) is 4.97. The molecule has 0 spiro atoms. The summed E-state index contributed by atoms with van der Waals surface area (Å²) in [6, 6.07) is 6.26. The van der Waals surface area contributed by atoms with Gasteiger partial charge in [0, 0.05) is 6.04 Å². The number of benzene rings is 1. The van der Waals surface area contributed by atoms with Gasteiger partial charge in [0.2, 0.25) is 0 Å². The van der Waals surface area contributed by atoms with Crippen LogP contribution in [0.15, 0.2) is 24.3 Å². The minimum absolute atomic E-state index is 0.0795. The summed E-state index contributed by atoms with van der Waals surface area (Å²) in [4.78, 5) is 0. The van der Waals surface area contributed by atoms with Crippen LogP contribution in [0.2, 0.25) is 0 Å². The molecule has 118 valence electrons. The van der Waals surface area contributed by atoms with E-state index in [1.54, 1.807) is 18.2 Å². The van der Waals surface area contributed by atoms with Crippen LogP contribution in [0.1, 0.15) is 12.8 Å². The molecule has 1 heterocycles. The van der Waals surface area contributed by atoms with E-state index in [1.165, 1.54) is 6.07 Å². The lowest BCUT2D eigenvalue weighted by Gasteiger charge is -2.25. The molecule has 0 aliphatic carbocycles. The van der Waals surface area contributed by atoms with E-state index >= 15 is 0 Å². The third-order valence-corrected chi connectivity index (χ3v) is 4.91. The standard InChI is InChI=1S/C13H16F3NO3S/c14-13(15,16)9-20-12-4-2-1-3-11(12)17-10-5-7-21(18,19)8-6-10/h1-4,10,17H,5-9H2. The van der Waals surface area contributed by atoms with E-state index in [2.05, 4.69) is 5.32 Å². The molecule has 0 radical (unpaired) electrons. The third-order valence-electron chi connectivity index (χ3n) is 3.19. The summed E-state index contributed by atoms with van der Waals surface area (Å²) >= 11 is 0. The van der Waals surface area contributed by atoms with Crippen molar-refractivity contribution in [2.24, 2.45) is 0 Å². The van der Waals surface area contributed by atoms with Gasteiger partial charge >= 0.3 is 6.18 Å². The van der Waals surface area contributed by atoms with Gasteiger partial charge in [-0.05, 0) is 25.0 Å². The fourth-order valence-electron chi connectivity index (χ4n) is 2.13. The molecule has 1 fully saturated rings. The van der Waals surface area contributed by atoms with Gasteiger partial charge < -0.3 is 10.1 Å². The maximum absolute atomic E-state index is 12.2. The van der Waals surface area contributed by atoms with E-state index in [-0.39, 0.29) is 23.3 Å². The Morgan fingerprint density at radius 2 is 1.81 bits per heavy atom. The number of sulfone groups is 1. The van der Waals surface area contributed by atoms with Gasteiger partial charge in [-0.3, -0.25) is 0 Å². The number of ether oxygens (including phenoxy) is 1. The molecule has 0 aromatic heterocycles. The first kappa shape index (κ1) is 15.9. The fraction of sp³-hybridized carbons (Fsp3) is 0.538. The molecule has 1 saturated heterocycles. The Morgan fingerprint density at radius 1 is 1.19 bits per heavy atom. The van der Waals surface area contributed by atoms with Crippen LogP contribution < -0.4 is 10.1 Å². The predicted octanol–water partition coefficient (Wildman–Crippen LogP) is 2.62. The highest BCUT2D eigenvalue weighted by Crippen LogP contribution is 2.28. The number of anilines is 1. The quantitative estimate of drug-likeness (QED) is 0.925. The highest BCUT2D eigenvalue weighted by atomic mass is 32.2. The summed E-state index contributed by atoms with van der Waals surface area (Å²) in [5, 5.41) is 3.07. The molecule has 1 N–H and O–H groups in total. The molecule has 0 atom stereocenters. The van der Waals surface area contributed by atoms with Crippen molar-refractivity contribution in [3.8, 4) is 5.75 Å². The third kappa shape index (κ3) is 5.11. The number of hydrogen-bond acceptors (Lipinski definition) is 4. The Hall–Kier alpha value is -1.44. The van der Waals surface area contributed by atoms with Crippen molar-refractivity contribution in [2.75, 3.05) is 23.4 Å². The van der Waals surface area contributed by atoms with Crippen molar-refractivity contribution in [1.29, 1.82) is 0 Å². The van der Waals surface area contributed by atoms with Crippen LogP contribution in [-0.2, 0) is 9.84 Å². The topological polar surface area (TPSA) is 55.4 Å². The van der Waals surface area contributed by atoms with Gasteiger partial charge in [-0.1, -0.05) is 12.1 Å². The smallest absolute Gasteiger partial charge is 0.422 e. The van der Waals surface area contributed by atoms with Crippen molar-refractivity contribution in [1.82, 2.24) is 0 Å². The van der Waals surface area contributed by atoms with Gasteiger partial charge in [0.25, 0.3) is 0 Å². The fourth-order valence-corrected chi connectivity index (χ4v) is 3.62. The van der Waals surface area contributed by atoms with Gasteiger partial charge in [-0.15, -0.1) is 0 Å². The van der Waals surface area contributed by atoms with E-state index in [9.17, 15) is 21.6 Å². The molecular weight excluding hydrogens is 307 g/mol. The first-order valence-electron chi connectivity index (χ1n) is 6.51. The van der Waals surface area contributed by atoms with Crippen molar-refractivity contribution in [3.63, 3.8) is 0 Å². The number of para-hydroxylation sites is 2. The second kappa shape index (κ2) is 6.13. The number of nitrogens with one attached hydrogen (secondary N) is 1. The van der Waals surface area contributed by atoms with Crippen molar-refractivity contribution in [2.45, 2.75) is 25.1 Å². The number of alkyl halides is 3. The molecule has 0 saturated carbocycles. The molecule has 1 aromatic carbocycles.